The molecular formula is C38H54O7. The summed E-state index contributed by atoms with van der Waals surface area (Å²) in [6.45, 7) is 19.9. The molecule has 7 nitrogen and oxygen atoms in total. The minimum absolute atomic E-state index is 0.0103. The zero-order chi connectivity index (χ0) is 34.4. The molecule has 2 N–H and O–H groups in total. The first-order chi connectivity index (χ1) is 21.3. The van der Waals surface area contributed by atoms with Crippen molar-refractivity contribution >= 4 is 11.9 Å². The van der Waals surface area contributed by atoms with Crippen LogP contribution in [0.15, 0.2) is 84.0 Å². The fraction of sp³-hybridized carbons (Fsp3) is 0.421. The number of aliphatic hydroxyl groups excluding tert-OH is 1. The lowest BCUT2D eigenvalue weighted by molar-refractivity contribution is 0.0516. The Morgan fingerprint density at radius 3 is 1.64 bits per heavy atom. The van der Waals surface area contributed by atoms with Crippen LogP contribution in [-0.2, 0) is 22.3 Å². The molecule has 0 amide bonds. The molecule has 248 valence electrons. The number of benzene rings is 2. The second-order valence-electron chi connectivity index (χ2n) is 10.7. The Balaban J connectivity index is 0.000000744. The number of allylic oxidation sites excluding steroid dienone is 6. The summed E-state index contributed by atoms with van der Waals surface area (Å²) in [6, 6.07) is 10.2. The molecule has 7 heteroatoms. The van der Waals surface area contributed by atoms with Gasteiger partial charge in [0.05, 0.1) is 30.4 Å². The first-order valence-corrected chi connectivity index (χ1v) is 15.4. The number of hydrogen-bond donors (Lipinski definition) is 2. The number of aliphatic hydroxyl groups is 1. The quantitative estimate of drug-likeness (QED) is 0.180. The number of phenols is 1. The van der Waals surface area contributed by atoms with E-state index >= 15 is 0 Å². The Bertz CT molecular complexity index is 1290. The summed E-state index contributed by atoms with van der Waals surface area (Å²) in [5.41, 5.74) is 5.16. The zero-order valence-electron chi connectivity index (χ0n) is 28.8. The molecule has 0 aliphatic rings. The van der Waals surface area contributed by atoms with E-state index in [2.05, 4.69) is 19.9 Å². The molecule has 0 heterocycles. The highest BCUT2D eigenvalue weighted by atomic mass is 16.5. The fourth-order valence-electron chi connectivity index (χ4n) is 3.70. The molecule has 0 aliphatic carbocycles. The number of aromatic hydroxyl groups is 1. The first kappa shape index (κ1) is 40.9. The Morgan fingerprint density at radius 1 is 0.756 bits per heavy atom. The van der Waals surface area contributed by atoms with Crippen LogP contribution in [0.25, 0.3) is 0 Å². The van der Waals surface area contributed by atoms with E-state index in [0.29, 0.717) is 30.8 Å². The monoisotopic (exact) mass is 622 g/mol. The van der Waals surface area contributed by atoms with Crippen LogP contribution in [0.4, 0.5) is 0 Å². The van der Waals surface area contributed by atoms with Crippen LogP contribution >= 0.6 is 0 Å². The van der Waals surface area contributed by atoms with Gasteiger partial charge in [-0.25, -0.2) is 9.59 Å². The lowest BCUT2D eigenvalue weighted by Crippen LogP contribution is -2.11. The van der Waals surface area contributed by atoms with E-state index in [4.69, 9.17) is 19.3 Å². The van der Waals surface area contributed by atoms with Gasteiger partial charge in [0.15, 0.2) is 0 Å². The maximum Gasteiger partial charge on any atom is 0.338 e. The molecule has 2 unspecified atom stereocenters. The van der Waals surface area contributed by atoms with Crippen molar-refractivity contribution < 1.29 is 34.0 Å². The molecule has 2 rings (SSSR count). The smallest absolute Gasteiger partial charge is 0.338 e. The molecule has 0 bridgehead atoms. The molecule has 0 aromatic heterocycles. The van der Waals surface area contributed by atoms with Gasteiger partial charge in [0.1, 0.15) is 17.6 Å². The minimum Gasteiger partial charge on any atom is -0.508 e. The maximum atomic E-state index is 11.9. The number of carbonyl (C=O) groups excluding carboxylic acids is 2. The van der Waals surface area contributed by atoms with Gasteiger partial charge in [0.2, 0.25) is 0 Å². The lowest BCUT2D eigenvalue weighted by Gasteiger charge is -2.15. The van der Waals surface area contributed by atoms with Crippen LogP contribution in [0.2, 0.25) is 0 Å². The molecular weight excluding hydrogens is 568 g/mol. The van der Waals surface area contributed by atoms with E-state index < -0.39 is 0 Å². The first-order valence-electron chi connectivity index (χ1n) is 15.4. The maximum absolute atomic E-state index is 11.9. The Hall–Kier alpha value is -4.10. The molecule has 2 aromatic rings. The van der Waals surface area contributed by atoms with Gasteiger partial charge in [-0.15, -0.1) is 0 Å². The van der Waals surface area contributed by atoms with Crippen molar-refractivity contribution in [1.82, 2.24) is 0 Å². The van der Waals surface area contributed by atoms with Crippen molar-refractivity contribution in [2.24, 2.45) is 0 Å². The predicted octanol–water partition coefficient (Wildman–Crippen LogP) is 8.74. The van der Waals surface area contributed by atoms with Gasteiger partial charge < -0.3 is 24.4 Å². The third-order valence-electron chi connectivity index (χ3n) is 5.87. The fourth-order valence-corrected chi connectivity index (χ4v) is 3.70. The van der Waals surface area contributed by atoms with Crippen molar-refractivity contribution in [1.29, 1.82) is 0 Å². The normalized spacial score (nSPS) is 11.7. The largest absolute Gasteiger partial charge is 0.508 e. The zero-order valence-corrected chi connectivity index (χ0v) is 28.8. The minimum atomic E-state index is -0.356. The average Bonchev–Trinajstić information content (AvgIpc) is 2.97. The topological polar surface area (TPSA) is 102 Å². The summed E-state index contributed by atoms with van der Waals surface area (Å²) in [5.74, 6) is 0.353. The van der Waals surface area contributed by atoms with E-state index in [0.717, 1.165) is 23.3 Å². The lowest BCUT2D eigenvalue weighted by atomic mass is 10.1. The summed E-state index contributed by atoms with van der Waals surface area (Å²) in [6.07, 6.45) is 12.7. The van der Waals surface area contributed by atoms with E-state index in [1.165, 1.54) is 17.2 Å². The summed E-state index contributed by atoms with van der Waals surface area (Å²) >= 11 is 0. The van der Waals surface area contributed by atoms with Gasteiger partial charge in [0, 0.05) is 0 Å². The van der Waals surface area contributed by atoms with Crippen LogP contribution < -0.4 is 4.74 Å². The van der Waals surface area contributed by atoms with Gasteiger partial charge in [-0.3, -0.25) is 0 Å². The van der Waals surface area contributed by atoms with Crippen LogP contribution in [0.3, 0.4) is 0 Å². The summed E-state index contributed by atoms with van der Waals surface area (Å²) < 4.78 is 15.9. The van der Waals surface area contributed by atoms with Gasteiger partial charge in [-0.1, -0.05) is 41.5 Å². The van der Waals surface area contributed by atoms with Crippen molar-refractivity contribution in [3.63, 3.8) is 0 Å². The summed E-state index contributed by atoms with van der Waals surface area (Å²) in [7, 11) is 0. The van der Waals surface area contributed by atoms with Gasteiger partial charge in [-0.05, 0) is 136 Å². The third-order valence-corrected chi connectivity index (χ3v) is 5.87. The molecule has 0 saturated heterocycles. The number of ether oxygens (including phenoxy) is 3. The summed E-state index contributed by atoms with van der Waals surface area (Å²) in [5, 5.41) is 18.1. The molecule has 0 aliphatic heterocycles. The highest BCUT2D eigenvalue weighted by Gasteiger charge is 2.12. The Labute approximate surface area is 270 Å². The number of phenolic OH excluding ortho intramolecular Hbond substituents is 1. The van der Waals surface area contributed by atoms with Crippen molar-refractivity contribution in [2.45, 2.75) is 94.3 Å². The molecule has 2 atom stereocenters. The van der Waals surface area contributed by atoms with Gasteiger partial charge in [0.25, 0.3) is 0 Å². The standard InChI is InChI=1S/C19H26O3.C14H18O3.C5H10O/c1-6-8-15(5)22-18-12-11-17(19(20)21-7-2)13-16(18)10-9-14(3)4;1-4-17-14(16)12-7-8-13(15)11(9-12)6-5-10(2)3;1-3-4-5(2)6/h6,8-9,11-13,15H,7,10H2,1-5H3;5,7-9,15H,4,6H2,1-3H3;3-6H,1-2H3/b8-6+;;4-3+. The highest BCUT2D eigenvalue weighted by molar-refractivity contribution is 5.90. The second kappa shape index (κ2) is 23.3. The SMILES string of the molecule is C/C=C/C(C)O.C/C=C/C(C)Oc1ccc(C(=O)OCC)cc1CC=C(C)C.CCOC(=O)c1ccc(O)c(CC=C(C)C)c1. The third kappa shape index (κ3) is 18.3. The second-order valence-corrected chi connectivity index (χ2v) is 10.7. The number of rotatable bonds is 12. The van der Waals surface area contributed by atoms with Crippen LogP contribution in [0.1, 0.15) is 101 Å². The molecule has 0 saturated carbocycles. The van der Waals surface area contributed by atoms with Crippen LogP contribution in [-0.4, -0.2) is 47.6 Å². The van der Waals surface area contributed by atoms with E-state index in [-0.39, 0.29) is 29.9 Å². The molecule has 0 fully saturated rings. The number of hydrogen-bond acceptors (Lipinski definition) is 7. The Kier molecular flexibility index (Phi) is 21.2. The number of carbonyl (C=O) groups is 2. The molecule has 0 spiro atoms. The van der Waals surface area contributed by atoms with Crippen molar-refractivity contribution in [2.75, 3.05) is 13.2 Å². The predicted molar refractivity (Wildman–Crippen MR) is 184 cm³/mol. The van der Waals surface area contributed by atoms with Crippen LogP contribution in [0, 0.1) is 0 Å². The summed E-state index contributed by atoms with van der Waals surface area (Å²) in [4.78, 5) is 23.4. The Morgan fingerprint density at radius 2 is 1.22 bits per heavy atom. The van der Waals surface area contributed by atoms with E-state index in [1.54, 1.807) is 45.0 Å². The number of esters is 2. The van der Waals surface area contributed by atoms with E-state index in [1.807, 2.05) is 71.1 Å². The van der Waals surface area contributed by atoms with Gasteiger partial charge >= 0.3 is 11.9 Å². The van der Waals surface area contributed by atoms with Crippen molar-refractivity contribution in [3.05, 3.63) is 106 Å². The van der Waals surface area contributed by atoms with Crippen LogP contribution in [0.5, 0.6) is 11.5 Å². The molecule has 0 radical (unpaired) electrons. The molecule has 45 heavy (non-hydrogen) atoms. The van der Waals surface area contributed by atoms with Crippen molar-refractivity contribution in [3.8, 4) is 11.5 Å². The molecule has 2 aromatic carbocycles. The average molecular weight is 623 g/mol. The van der Waals surface area contributed by atoms with E-state index in [9.17, 15) is 14.7 Å². The van der Waals surface area contributed by atoms with Gasteiger partial charge in [-0.2, -0.15) is 0 Å². The highest BCUT2D eigenvalue weighted by Crippen LogP contribution is 2.24.